The maximum atomic E-state index is 6.33. The summed E-state index contributed by atoms with van der Waals surface area (Å²) in [5, 5.41) is 7.83. The fraction of sp³-hybridized carbons (Fsp3) is 0.696. The molecule has 3 fully saturated rings. The molecule has 0 aromatic carbocycles. The molecule has 0 radical (unpaired) electrons. The maximum Gasteiger partial charge on any atom is 0.224 e. The highest BCUT2D eigenvalue weighted by Crippen LogP contribution is 2.37. The van der Waals surface area contributed by atoms with Gasteiger partial charge in [-0.2, -0.15) is 0 Å². The van der Waals surface area contributed by atoms with Crippen molar-refractivity contribution < 1.29 is 9.47 Å². The third kappa shape index (κ3) is 4.52. The van der Waals surface area contributed by atoms with Crippen molar-refractivity contribution in [3.63, 3.8) is 0 Å². The van der Waals surface area contributed by atoms with Crippen LogP contribution in [0.4, 0.5) is 5.95 Å². The predicted octanol–water partition coefficient (Wildman–Crippen LogP) is 3.79. The Balaban J connectivity index is 1.47. The van der Waals surface area contributed by atoms with E-state index < -0.39 is 0 Å². The van der Waals surface area contributed by atoms with Gasteiger partial charge in [-0.05, 0) is 57.5 Å². The molecule has 0 bridgehead atoms. The van der Waals surface area contributed by atoms with Crippen LogP contribution in [0.2, 0.25) is 0 Å². The van der Waals surface area contributed by atoms with E-state index in [0.29, 0.717) is 17.7 Å². The predicted molar refractivity (Wildman–Crippen MR) is 117 cm³/mol. The van der Waals surface area contributed by atoms with Gasteiger partial charge in [-0.25, -0.2) is 15.0 Å². The van der Waals surface area contributed by atoms with Gasteiger partial charge in [0.2, 0.25) is 11.8 Å². The van der Waals surface area contributed by atoms with Crippen LogP contribution in [0.15, 0.2) is 12.4 Å². The van der Waals surface area contributed by atoms with Crippen molar-refractivity contribution in [2.24, 2.45) is 0 Å². The topological polar surface area (TPSA) is 81.2 Å². The number of ether oxygens (including phenoxy) is 2. The highest BCUT2D eigenvalue weighted by Gasteiger charge is 2.24. The lowest BCUT2D eigenvalue weighted by Gasteiger charge is -2.26. The Kier molecular flexibility index (Phi) is 6.27. The summed E-state index contributed by atoms with van der Waals surface area (Å²) < 4.78 is 11.9. The highest BCUT2D eigenvalue weighted by molar-refractivity contribution is 5.86. The van der Waals surface area contributed by atoms with Crippen LogP contribution >= 0.6 is 0 Å². The van der Waals surface area contributed by atoms with E-state index >= 15 is 0 Å². The van der Waals surface area contributed by atoms with E-state index in [0.717, 1.165) is 62.9 Å². The molecule has 4 heterocycles. The summed E-state index contributed by atoms with van der Waals surface area (Å²) in [6, 6.07) is 0.279. The Morgan fingerprint density at radius 1 is 0.967 bits per heavy atom. The molecule has 1 atom stereocenters. The number of rotatable bonds is 5. The Morgan fingerprint density at radius 2 is 1.83 bits per heavy atom. The molecule has 30 heavy (non-hydrogen) atoms. The first-order valence-corrected chi connectivity index (χ1v) is 11.7. The van der Waals surface area contributed by atoms with Crippen LogP contribution in [0.5, 0.6) is 5.88 Å². The Labute approximate surface area is 178 Å². The summed E-state index contributed by atoms with van der Waals surface area (Å²) in [6.07, 6.45) is 14.7. The zero-order valence-electron chi connectivity index (χ0n) is 17.7. The summed E-state index contributed by atoms with van der Waals surface area (Å²) in [7, 11) is 0. The number of nitrogens with one attached hydrogen (secondary N) is 2. The molecular formula is C23H33N5O2. The first-order valence-electron chi connectivity index (χ1n) is 11.7. The van der Waals surface area contributed by atoms with Crippen molar-refractivity contribution in [2.45, 2.75) is 75.9 Å². The first kappa shape index (κ1) is 19.9. The highest BCUT2D eigenvalue weighted by atomic mass is 16.5. The summed E-state index contributed by atoms with van der Waals surface area (Å²) >= 11 is 0. The zero-order valence-corrected chi connectivity index (χ0v) is 17.7. The lowest BCUT2D eigenvalue weighted by atomic mass is 9.84. The molecule has 162 valence electrons. The van der Waals surface area contributed by atoms with Gasteiger partial charge in [0.05, 0.1) is 23.6 Å². The lowest BCUT2D eigenvalue weighted by molar-refractivity contribution is 0.0874. The Bertz CT molecular complexity index is 843. The number of nitrogens with zero attached hydrogens (tertiary/aromatic N) is 3. The smallest absolute Gasteiger partial charge is 0.224 e. The molecule has 2 aromatic rings. The molecule has 2 aromatic heterocycles. The number of pyridine rings is 1. The maximum absolute atomic E-state index is 6.33. The van der Waals surface area contributed by atoms with Gasteiger partial charge in [0.1, 0.15) is 6.10 Å². The molecule has 1 aliphatic carbocycles. The van der Waals surface area contributed by atoms with Crippen molar-refractivity contribution in [3.05, 3.63) is 18.0 Å². The molecule has 1 saturated carbocycles. The van der Waals surface area contributed by atoms with Gasteiger partial charge in [0.25, 0.3) is 0 Å². The molecule has 1 unspecified atom stereocenters. The molecular weight excluding hydrogens is 378 g/mol. The Morgan fingerprint density at radius 3 is 2.63 bits per heavy atom. The van der Waals surface area contributed by atoms with Crippen LogP contribution in [0.1, 0.15) is 69.3 Å². The minimum absolute atomic E-state index is 0.208. The second kappa shape index (κ2) is 9.43. The average molecular weight is 412 g/mol. The minimum atomic E-state index is 0.208. The van der Waals surface area contributed by atoms with Gasteiger partial charge < -0.3 is 20.1 Å². The fourth-order valence-electron chi connectivity index (χ4n) is 5.00. The normalized spacial score (nSPS) is 24.1. The number of anilines is 1. The molecule has 2 N–H and O–H groups in total. The van der Waals surface area contributed by atoms with E-state index in [1.165, 1.54) is 37.7 Å². The minimum Gasteiger partial charge on any atom is -0.474 e. The number of piperidine rings is 1. The molecule has 2 saturated heterocycles. The monoisotopic (exact) mass is 411 g/mol. The van der Waals surface area contributed by atoms with E-state index in [4.69, 9.17) is 19.4 Å². The number of hydrogen-bond donors (Lipinski definition) is 2. The second-order valence-electron chi connectivity index (χ2n) is 8.94. The van der Waals surface area contributed by atoms with Crippen LogP contribution in [-0.2, 0) is 4.74 Å². The van der Waals surface area contributed by atoms with Crippen molar-refractivity contribution in [3.8, 4) is 5.88 Å². The molecule has 3 aliphatic rings. The second-order valence-corrected chi connectivity index (χ2v) is 8.94. The van der Waals surface area contributed by atoms with E-state index in [2.05, 4.69) is 15.6 Å². The third-order valence-corrected chi connectivity index (χ3v) is 6.72. The van der Waals surface area contributed by atoms with Gasteiger partial charge in [-0.15, -0.1) is 0 Å². The number of fused-ring (bicyclic) bond motifs is 1. The molecule has 2 aliphatic heterocycles. The number of aromatic nitrogens is 3. The van der Waals surface area contributed by atoms with Crippen molar-refractivity contribution >= 4 is 16.9 Å². The summed E-state index contributed by atoms with van der Waals surface area (Å²) in [4.78, 5) is 14.4. The van der Waals surface area contributed by atoms with Crippen molar-refractivity contribution in [1.82, 2.24) is 20.3 Å². The van der Waals surface area contributed by atoms with Gasteiger partial charge in [-0.3, -0.25) is 0 Å². The molecule has 0 spiro atoms. The molecule has 7 heteroatoms. The van der Waals surface area contributed by atoms with Gasteiger partial charge in [0, 0.05) is 24.6 Å². The van der Waals surface area contributed by atoms with Crippen LogP contribution in [0.3, 0.4) is 0 Å². The van der Waals surface area contributed by atoms with Gasteiger partial charge in [0.15, 0.2) is 0 Å². The largest absolute Gasteiger partial charge is 0.474 e. The van der Waals surface area contributed by atoms with Crippen molar-refractivity contribution in [1.29, 1.82) is 0 Å². The van der Waals surface area contributed by atoms with Crippen LogP contribution < -0.4 is 15.4 Å². The molecule has 7 nitrogen and oxygen atoms in total. The fourth-order valence-corrected chi connectivity index (χ4v) is 5.00. The summed E-state index contributed by atoms with van der Waals surface area (Å²) in [5.74, 6) is 1.90. The van der Waals surface area contributed by atoms with E-state index in [9.17, 15) is 0 Å². The van der Waals surface area contributed by atoms with Crippen LogP contribution in [0, 0.1) is 0 Å². The zero-order chi connectivity index (χ0) is 20.2. The van der Waals surface area contributed by atoms with E-state index in [-0.39, 0.29) is 12.1 Å². The Hall–Kier alpha value is -1.99. The van der Waals surface area contributed by atoms with Gasteiger partial charge >= 0.3 is 0 Å². The SMILES string of the molecule is c1nc(OC2CCNCC2)c2cnc(NC3CCCOC3)nc2c1C1CCCCC1. The van der Waals surface area contributed by atoms with Crippen LogP contribution in [-0.4, -0.2) is 53.4 Å². The number of hydrogen-bond acceptors (Lipinski definition) is 7. The summed E-state index contributed by atoms with van der Waals surface area (Å²) in [5.41, 5.74) is 2.27. The van der Waals surface area contributed by atoms with Crippen molar-refractivity contribution in [2.75, 3.05) is 31.6 Å². The van der Waals surface area contributed by atoms with E-state index in [1.54, 1.807) is 0 Å². The molecule has 0 amide bonds. The van der Waals surface area contributed by atoms with Crippen LogP contribution in [0.25, 0.3) is 10.9 Å². The average Bonchev–Trinajstić information content (AvgIpc) is 2.81. The quantitative estimate of drug-likeness (QED) is 0.774. The third-order valence-electron chi connectivity index (χ3n) is 6.72. The van der Waals surface area contributed by atoms with Gasteiger partial charge in [-0.1, -0.05) is 19.3 Å². The van der Waals surface area contributed by atoms with E-state index in [1.807, 2.05) is 12.4 Å². The first-order chi connectivity index (χ1) is 14.9. The standard InChI is InChI=1S/C23H33N5O2/c1-2-5-16(6-3-1)19-13-25-22(30-18-8-10-24-11-9-18)20-14-26-23(28-21(19)20)27-17-7-4-12-29-15-17/h13-14,16-18,24H,1-12,15H2,(H,26,27,28). The lowest BCUT2D eigenvalue weighted by Crippen LogP contribution is -2.34. The molecule has 5 rings (SSSR count). The summed E-state index contributed by atoms with van der Waals surface area (Å²) in [6.45, 7) is 3.57.